The van der Waals surface area contributed by atoms with Gasteiger partial charge in [0.2, 0.25) is 11.8 Å². The zero-order valence-corrected chi connectivity index (χ0v) is 21.0. The zero-order valence-electron chi connectivity index (χ0n) is 18.7. The number of halogens is 2. The number of carbonyl (C=O) groups is 3. The van der Waals surface area contributed by atoms with Crippen LogP contribution in [0.25, 0.3) is 6.08 Å². The molecule has 32 heavy (non-hydrogen) atoms. The van der Waals surface area contributed by atoms with E-state index >= 15 is 0 Å². The molecule has 1 atom stereocenters. The number of hydrogen-bond acceptors (Lipinski definition) is 5. The molecule has 0 aromatic heterocycles. The summed E-state index contributed by atoms with van der Waals surface area (Å²) in [6.07, 6.45) is 8.46. The highest BCUT2D eigenvalue weighted by atomic mass is 35.5. The van der Waals surface area contributed by atoms with Crippen LogP contribution in [0.3, 0.4) is 0 Å². The third-order valence-corrected chi connectivity index (χ3v) is 7.32. The van der Waals surface area contributed by atoms with E-state index in [0.717, 1.165) is 17.7 Å². The Morgan fingerprint density at radius 2 is 1.94 bits per heavy atom. The van der Waals surface area contributed by atoms with Gasteiger partial charge < -0.3 is 15.0 Å². The van der Waals surface area contributed by atoms with Crippen LogP contribution in [0.2, 0.25) is 10.0 Å². The molecule has 2 amide bonds. The van der Waals surface area contributed by atoms with Gasteiger partial charge in [0.1, 0.15) is 6.04 Å². The van der Waals surface area contributed by atoms with E-state index in [1.54, 1.807) is 11.0 Å². The number of likely N-dealkylation sites (tertiary alicyclic amines) is 1. The number of rotatable bonds is 9. The number of nitrogens with one attached hydrogen (secondary N) is 1. The molecule has 9 heteroatoms. The van der Waals surface area contributed by atoms with Crippen molar-refractivity contribution in [3.63, 3.8) is 0 Å². The first-order valence-corrected chi connectivity index (χ1v) is 12.7. The lowest BCUT2D eigenvalue weighted by Crippen LogP contribution is -2.47. The number of methoxy groups -OCH3 is 1. The van der Waals surface area contributed by atoms with Gasteiger partial charge in [0.15, 0.2) is 0 Å². The Bertz CT molecular complexity index is 855. The van der Waals surface area contributed by atoms with Crippen molar-refractivity contribution < 1.29 is 19.1 Å². The Morgan fingerprint density at radius 1 is 1.25 bits per heavy atom. The first kappa shape index (κ1) is 26.6. The summed E-state index contributed by atoms with van der Waals surface area (Å²) in [6.45, 7) is 2.97. The number of amides is 2. The SMILES string of the molecule is CCCCC(NC(=O)C1CCN(C(=O)C=Cc2ccc(SC)c(Cl)c2Cl)CC1)C(=O)OC. The molecule has 0 radical (unpaired) electrons. The van der Waals surface area contributed by atoms with E-state index in [1.165, 1.54) is 24.9 Å². The summed E-state index contributed by atoms with van der Waals surface area (Å²) in [6, 6.07) is 3.08. The molecule has 1 aromatic carbocycles. The maximum Gasteiger partial charge on any atom is 0.328 e. The van der Waals surface area contributed by atoms with Gasteiger partial charge in [0, 0.05) is 30.0 Å². The molecule has 1 saturated heterocycles. The first-order chi connectivity index (χ1) is 15.3. The van der Waals surface area contributed by atoms with Crippen LogP contribution in [0, 0.1) is 5.92 Å². The first-order valence-electron chi connectivity index (χ1n) is 10.7. The lowest BCUT2D eigenvalue weighted by Gasteiger charge is -2.31. The minimum atomic E-state index is -0.621. The topological polar surface area (TPSA) is 75.7 Å². The highest BCUT2D eigenvalue weighted by Crippen LogP contribution is 2.35. The Balaban J connectivity index is 1.91. The maximum absolute atomic E-state index is 12.6. The molecule has 1 fully saturated rings. The average Bonchev–Trinajstić information content (AvgIpc) is 2.81. The Labute approximate surface area is 204 Å². The van der Waals surface area contributed by atoms with Crippen molar-refractivity contribution in [3.8, 4) is 0 Å². The number of carbonyl (C=O) groups excluding carboxylic acids is 3. The average molecular weight is 501 g/mol. The zero-order chi connectivity index (χ0) is 23.7. The number of benzene rings is 1. The number of ether oxygens (including phenoxy) is 1. The number of thioether (sulfide) groups is 1. The highest BCUT2D eigenvalue weighted by Gasteiger charge is 2.29. The molecule has 2 rings (SSSR count). The van der Waals surface area contributed by atoms with Crippen LogP contribution in [0.4, 0.5) is 0 Å². The lowest BCUT2D eigenvalue weighted by molar-refractivity contribution is -0.146. The van der Waals surface area contributed by atoms with Crippen molar-refractivity contribution in [1.29, 1.82) is 0 Å². The van der Waals surface area contributed by atoms with Gasteiger partial charge in [-0.15, -0.1) is 11.8 Å². The molecular formula is C23H30Cl2N2O4S. The summed E-state index contributed by atoms with van der Waals surface area (Å²) in [7, 11) is 1.32. The summed E-state index contributed by atoms with van der Waals surface area (Å²) < 4.78 is 4.81. The largest absolute Gasteiger partial charge is 0.467 e. The Hall–Kier alpha value is -1.70. The Morgan fingerprint density at radius 3 is 2.53 bits per heavy atom. The predicted octanol–water partition coefficient (Wildman–Crippen LogP) is 4.82. The molecule has 0 saturated carbocycles. The van der Waals surface area contributed by atoms with Crippen molar-refractivity contribution in [2.24, 2.45) is 5.92 Å². The molecule has 6 nitrogen and oxygen atoms in total. The normalized spacial score (nSPS) is 15.6. The van der Waals surface area contributed by atoms with E-state index in [0.29, 0.717) is 48.0 Å². The highest BCUT2D eigenvalue weighted by molar-refractivity contribution is 7.98. The van der Waals surface area contributed by atoms with Crippen LogP contribution >= 0.6 is 35.0 Å². The number of hydrogen-bond donors (Lipinski definition) is 1. The van der Waals surface area contributed by atoms with E-state index in [2.05, 4.69) is 5.32 Å². The number of nitrogens with zero attached hydrogens (tertiary/aromatic N) is 1. The van der Waals surface area contributed by atoms with Crippen LogP contribution in [0.15, 0.2) is 23.1 Å². The second-order valence-electron chi connectivity index (χ2n) is 7.64. The van der Waals surface area contributed by atoms with E-state index < -0.39 is 12.0 Å². The monoisotopic (exact) mass is 500 g/mol. The maximum atomic E-state index is 12.6. The standard InChI is InChI=1S/C23H30Cl2N2O4S/c1-4-5-6-17(23(30)31-2)26-22(29)16-11-13-27(14-12-16)19(28)10-8-15-7-9-18(32-3)21(25)20(15)24/h7-10,16-17H,4-6,11-14H2,1-3H3,(H,26,29). The minimum Gasteiger partial charge on any atom is -0.467 e. The summed E-state index contributed by atoms with van der Waals surface area (Å²) in [5.74, 6) is -0.951. The number of unbranched alkanes of at least 4 members (excludes halogenated alkanes) is 1. The molecule has 1 aliphatic rings. The fourth-order valence-electron chi connectivity index (χ4n) is 3.55. The van der Waals surface area contributed by atoms with E-state index in [4.69, 9.17) is 27.9 Å². The minimum absolute atomic E-state index is 0.139. The van der Waals surface area contributed by atoms with Crippen LogP contribution in [0.5, 0.6) is 0 Å². The third kappa shape index (κ3) is 7.15. The number of esters is 1. The van der Waals surface area contributed by atoms with Gasteiger partial charge in [-0.2, -0.15) is 0 Å². The van der Waals surface area contributed by atoms with Crippen molar-refractivity contribution >= 4 is 58.8 Å². The van der Waals surface area contributed by atoms with Gasteiger partial charge in [0.05, 0.1) is 17.2 Å². The van der Waals surface area contributed by atoms with Gasteiger partial charge >= 0.3 is 5.97 Å². The molecule has 1 aromatic rings. The third-order valence-electron chi connectivity index (χ3n) is 5.53. The Kier molecular flexibility index (Phi) is 10.9. The summed E-state index contributed by atoms with van der Waals surface area (Å²) in [5.41, 5.74) is 0.679. The van der Waals surface area contributed by atoms with Gasteiger partial charge in [0.25, 0.3) is 0 Å². The molecule has 0 bridgehead atoms. The lowest BCUT2D eigenvalue weighted by atomic mass is 9.95. The molecule has 0 spiro atoms. The number of piperidine rings is 1. The molecule has 0 aliphatic carbocycles. The van der Waals surface area contributed by atoms with Gasteiger partial charge in [-0.05, 0) is 43.2 Å². The second kappa shape index (κ2) is 13.1. The summed E-state index contributed by atoms with van der Waals surface area (Å²) in [5, 5.41) is 3.72. The van der Waals surface area contributed by atoms with Crippen molar-refractivity contribution in [3.05, 3.63) is 33.8 Å². The van der Waals surface area contributed by atoms with E-state index in [9.17, 15) is 14.4 Å². The molecule has 1 unspecified atom stereocenters. The molecular weight excluding hydrogens is 471 g/mol. The van der Waals surface area contributed by atoms with Crippen LogP contribution in [-0.2, 0) is 19.1 Å². The van der Waals surface area contributed by atoms with Crippen LogP contribution in [-0.4, -0.2) is 55.2 Å². The van der Waals surface area contributed by atoms with Crippen molar-refractivity contribution in [2.75, 3.05) is 26.5 Å². The second-order valence-corrected chi connectivity index (χ2v) is 9.25. The molecule has 1 aliphatic heterocycles. The van der Waals surface area contributed by atoms with Gasteiger partial charge in [-0.25, -0.2) is 4.79 Å². The fraction of sp³-hybridized carbons (Fsp3) is 0.522. The summed E-state index contributed by atoms with van der Waals surface area (Å²) in [4.78, 5) is 39.7. The molecule has 176 valence electrons. The van der Waals surface area contributed by atoms with E-state index in [1.807, 2.05) is 25.3 Å². The van der Waals surface area contributed by atoms with Crippen molar-refractivity contribution in [2.45, 2.75) is 50.0 Å². The quantitative estimate of drug-likeness (QED) is 0.299. The predicted molar refractivity (Wildman–Crippen MR) is 130 cm³/mol. The summed E-state index contributed by atoms with van der Waals surface area (Å²) >= 11 is 14.1. The fourth-order valence-corrected chi connectivity index (χ4v) is 4.72. The molecule has 1 heterocycles. The van der Waals surface area contributed by atoms with Gasteiger partial charge in [-0.3, -0.25) is 9.59 Å². The van der Waals surface area contributed by atoms with Gasteiger partial charge in [-0.1, -0.05) is 49.0 Å². The molecule has 1 N–H and O–H groups in total. The van der Waals surface area contributed by atoms with Crippen LogP contribution in [0.1, 0.15) is 44.6 Å². The smallest absolute Gasteiger partial charge is 0.328 e. The van der Waals surface area contributed by atoms with Crippen molar-refractivity contribution in [1.82, 2.24) is 10.2 Å². The van der Waals surface area contributed by atoms with Crippen LogP contribution < -0.4 is 5.32 Å². The van der Waals surface area contributed by atoms with E-state index in [-0.39, 0.29) is 17.7 Å².